The highest BCUT2D eigenvalue weighted by Gasteiger charge is 2.21. The molecule has 134 valence electrons. The first-order valence-electron chi connectivity index (χ1n) is 7.70. The van der Waals surface area contributed by atoms with E-state index in [2.05, 4.69) is 0 Å². The molecule has 0 atom stereocenters. The molecular weight excluding hydrogens is 362 g/mol. The van der Waals surface area contributed by atoms with E-state index in [1.165, 1.54) is 29.2 Å². The molecule has 0 unspecified atom stereocenters. The second kappa shape index (κ2) is 8.36. The second-order valence-electron chi connectivity index (χ2n) is 5.69. The fourth-order valence-corrected chi connectivity index (χ4v) is 3.52. The summed E-state index contributed by atoms with van der Waals surface area (Å²) in [7, 11) is -2.14. The number of benzene rings is 2. The van der Waals surface area contributed by atoms with Crippen molar-refractivity contribution >= 4 is 27.3 Å². The first-order valence-corrected chi connectivity index (χ1v) is 9.73. The third-order valence-corrected chi connectivity index (χ3v) is 5.47. The van der Waals surface area contributed by atoms with Crippen LogP contribution in [-0.2, 0) is 14.6 Å². The summed E-state index contributed by atoms with van der Waals surface area (Å²) in [6, 6.07) is 13.3. The van der Waals surface area contributed by atoms with Crippen LogP contribution in [0.2, 0.25) is 5.02 Å². The molecule has 0 aliphatic heterocycles. The Morgan fingerprint density at radius 1 is 1.16 bits per heavy atom. The highest BCUT2D eigenvalue weighted by Crippen LogP contribution is 2.16. The number of ether oxygens (including phenoxy) is 1. The summed E-state index contributed by atoms with van der Waals surface area (Å²) < 4.78 is 30.1. The molecule has 0 N–H and O–H groups in total. The highest BCUT2D eigenvalue weighted by atomic mass is 35.5. The van der Waals surface area contributed by atoms with Gasteiger partial charge in [-0.3, -0.25) is 4.79 Å². The molecule has 0 aromatic heterocycles. The molecule has 0 aliphatic carbocycles. The molecule has 7 heteroatoms. The Morgan fingerprint density at radius 2 is 1.84 bits per heavy atom. The van der Waals surface area contributed by atoms with E-state index in [0.29, 0.717) is 11.6 Å². The minimum absolute atomic E-state index is 0.0784. The number of carbonyl (C=O) groups is 1. The van der Waals surface area contributed by atoms with Crippen LogP contribution in [0.25, 0.3) is 0 Å². The minimum atomic E-state index is -3.69. The molecule has 0 heterocycles. The van der Waals surface area contributed by atoms with Crippen molar-refractivity contribution < 1.29 is 17.9 Å². The number of amides is 1. The Labute approximate surface area is 153 Å². The SMILES string of the molecule is Cc1cccc(OCCN(C)C(=O)CS(=O)(=O)c2ccc(Cl)cc2)c1. The van der Waals surface area contributed by atoms with Gasteiger partial charge in [-0.1, -0.05) is 23.7 Å². The van der Waals surface area contributed by atoms with Gasteiger partial charge in [0.1, 0.15) is 18.1 Å². The summed E-state index contributed by atoms with van der Waals surface area (Å²) in [6.07, 6.45) is 0. The maximum Gasteiger partial charge on any atom is 0.238 e. The van der Waals surface area contributed by atoms with E-state index >= 15 is 0 Å². The number of halogens is 1. The Kier molecular flexibility index (Phi) is 6.45. The summed E-state index contributed by atoms with van der Waals surface area (Å²) in [5.74, 6) is -0.354. The molecule has 2 aromatic carbocycles. The Hall–Kier alpha value is -2.05. The standard InChI is InChI=1S/C18H20ClNO4S/c1-14-4-3-5-16(12-14)24-11-10-20(2)18(21)13-25(22,23)17-8-6-15(19)7-9-17/h3-9,12H,10-11,13H2,1-2H3. The van der Waals surface area contributed by atoms with Gasteiger partial charge in [-0.05, 0) is 48.9 Å². The van der Waals surface area contributed by atoms with Gasteiger partial charge in [-0.15, -0.1) is 0 Å². The largest absolute Gasteiger partial charge is 0.492 e. The van der Waals surface area contributed by atoms with Gasteiger partial charge in [-0.2, -0.15) is 0 Å². The number of nitrogens with zero attached hydrogens (tertiary/aromatic N) is 1. The van der Waals surface area contributed by atoms with Crippen LogP contribution in [0.15, 0.2) is 53.4 Å². The van der Waals surface area contributed by atoms with Gasteiger partial charge in [0.15, 0.2) is 9.84 Å². The zero-order valence-corrected chi connectivity index (χ0v) is 15.7. The molecule has 5 nitrogen and oxygen atoms in total. The minimum Gasteiger partial charge on any atom is -0.492 e. The lowest BCUT2D eigenvalue weighted by molar-refractivity contribution is -0.127. The van der Waals surface area contributed by atoms with Crippen LogP contribution >= 0.6 is 11.6 Å². The number of carbonyl (C=O) groups excluding carboxylic acids is 1. The van der Waals surface area contributed by atoms with E-state index in [-0.39, 0.29) is 11.5 Å². The molecule has 2 aromatic rings. The summed E-state index contributed by atoms with van der Waals surface area (Å²) in [4.78, 5) is 13.6. The van der Waals surface area contributed by atoms with Crippen molar-refractivity contribution in [2.75, 3.05) is 26.0 Å². The van der Waals surface area contributed by atoms with Gasteiger partial charge < -0.3 is 9.64 Å². The maximum atomic E-state index is 12.3. The normalized spacial score (nSPS) is 11.2. The maximum absolute atomic E-state index is 12.3. The Bertz CT molecular complexity index is 834. The second-order valence-corrected chi connectivity index (χ2v) is 8.12. The number of rotatable bonds is 7. The molecule has 0 bridgehead atoms. The van der Waals surface area contributed by atoms with Crippen molar-refractivity contribution in [3.8, 4) is 5.75 Å². The molecule has 0 spiro atoms. The van der Waals surface area contributed by atoms with Gasteiger partial charge in [0.05, 0.1) is 11.4 Å². The van der Waals surface area contributed by atoms with Gasteiger partial charge in [0, 0.05) is 12.1 Å². The molecule has 2 rings (SSSR count). The summed E-state index contributed by atoms with van der Waals surface area (Å²) in [6.45, 7) is 2.54. The third kappa shape index (κ3) is 5.76. The van der Waals surface area contributed by atoms with Crippen molar-refractivity contribution in [1.29, 1.82) is 0 Å². The molecule has 25 heavy (non-hydrogen) atoms. The third-order valence-electron chi connectivity index (χ3n) is 3.60. The summed E-state index contributed by atoms with van der Waals surface area (Å²) >= 11 is 5.75. The number of hydrogen-bond donors (Lipinski definition) is 0. The number of likely N-dealkylation sites (N-methyl/N-ethyl adjacent to an activating group) is 1. The van der Waals surface area contributed by atoms with E-state index in [0.717, 1.165) is 11.3 Å². The fraction of sp³-hybridized carbons (Fsp3) is 0.278. The van der Waals surface area contributed by atoms with Crippen molar-refractivity contribution in [3.05, 3.63) is 59.1 Å². The van der Waals surface area contributed by atoms with Crippen molar-refractivity contribution in [2.24, 2.45) is 0 Å². The van der Waals surface area contributed by atoms with Crippen LogP contribution in [0.4, 0.5) is 0 Å². The lowest BCUT2D eigenvalue weighted by Crippen LogP contribution is -2.35. The van der Waals surface area contributed by atoms with Gasteiger partial charge in [0.2, 0.25) is 5.91 Å². The van der Waals surface area contributed by atoms with E-state index in [1.54, 1.807) is 7.05 Å². The summed E-state index contributed by atoms with van der Waals surface area (Å²) in [5, 5.41) is 0.440. The molecule has 0 saturated carbocycles. The fourth-order valence-electron chi connectivity index (χ4n) is 2.13. The number of hydrogen-bond acceptors (Lipinski definition) is 4. The van der Waals surface area contributed by atoms with Gasteiger partial charge in [-0.25, -0.2) is 8.42 Å². The van der Waals surface area contributed by atoms with Crippen molar-refractivity contribution in [3.63, 3.8) is 0 Å². The first kappa shape index (κ1) is 19.3. The van der Waals surface area contributed by atoms with Crippen LogP contribution in [0.3, 0.4) is 0 Å². The van der Waals surface area contributed by atoms with E-state index in [4.69, 9.17) is 16.3 Å². The zero-order chi connectivity index (χ0) is 18.4. The average molecular weight is 382 g/mol. The number of aryl methyl sites for hydroxylation is 1. The van der Waals surface area contributed by atoms with Crippen LogP contribution in [0, 0.1) is 6.92 Å². The molecule has 0 saturated heterocycles. The molecule has 0 aliphatic rings. The quantitative estimate of drug-likeness (QED) is 0.739. The van der Waals surface area contributed by atoms with Crippen LogP contribution in [-0.4, -0.2) is 45.2 Å². The summed E-state index contributed by atoms with van der Waals surface area (Å²) in [5.41, 5.74) is 1.08. The first-order chi connectivity index (χ1) is 11.8. The predicted octanol–water partition coefficient (Wildman–Crippen LogP) is 2.96. The van der Waals surface area contributed by atoms with E-state index < -0.39 is 21.5 Å². The van der Waals surface area contributed by atoms with Crippen LogP contribution in [0.1, 0.15) is 5.56 Å². The van der Waals surface area contributed by atoms with Crippen molar-refractivity contribution in [1.82, 2.24) is 4.90 Å². The molecule has 0 fully saturated rings. The topological polar surface area (TPSA) is 63.7 Å². The zero-order valence-electron chi connectivity index (χ0n) is 14.1. The van der Waals surface area contributed by atoms with E-state index in [9.17, 15) is 13.2 Å². The average Bonchev–Trinajstić information content (AvgIpc) is 2.54. The van der Waals surface area contributed by atoms with Crippen molar-refractivity contribution in [2.45, 2.75) is 11.8 Å². The predicted molar refractivity (Wildman–Crippen MR) is 97.8 cm³/mol. The van der Waals surface area contributed by atoms with Gasteiger partial charge >= 0.3 is 0 Å². The molecule has 1 amide bonds. The lowest BCUT2D eigenvalue weighted by Gasteiger charge is -2.17. The van der Waals surface area contributed by atoms with Gasteiger partial charge in [0.25, 0.3) is 0 Å². The Morgan fingerprint density at radius 3 is 2.48 bits per heavy atom. The van der Waals surface area contributed by atoms with Crippen LogP contribution < -0.4 is 4.74 Å². The lowest BCUT2D eigenvalue weighted by atomic mass is 10.2. The highest BCUT2D eigenvalue weighted by molar-refractivity contribution is 7.92. The van der Waals surface area contributed by atoms with Crippen LogP contribution in [0.5, 0.6) is 5.75 Å². The molecule has 0 radical (unpaired) electrons. The number of sulfone groups is 1. The molecular formula is C18H20ClNO4S. The van der Waals surface area contributed by atoms with E-state index in [1.807, 2.05) is 31.2 Å². The Balaban J connectivity index is 1.88. The monoisotopic (exact) mass is 381 g/mol. The smallest absolute Gasteiger partial charge is 0.238 e.